The van der Waals surface area contributed by atoms with E-state index in [0.29, 0.717) is 19.6 Å². The van der Waals surface area contributed by atoms with E-state index in [2.05, 4.69) is 0 Å². The van der Waals surface area contributed by atoms with Crippen molar-refractivity contribution in [3.63, 3.8) is 0 Å². The Morgan fingerprint density at radius 3 is 2.42 bits per heavy atom. The van der Waals surface area contributed by atoms with Crippen LogP contribution >= 0.6 is 0 Å². The number of nitrogens with two attached hydrogens (primary N) is 2. The predicted molar refractivity (Wildman–Crippen MR) is 73.9 cm³/mol. The van der Waals surface area contributed by atoms with Crippen molar-refractivity contribution in [3.8, 4) is 5.75 Å². The average Bonchev–Trinajstić information content (AvgIpc) is 2.37. The number of benzene rings is 1. The first-order valence-electron chi connectivity index (χ1n) is 6.25. The molecule has 0 spiro atoms. The minimum absolute atomic E-state index is 0.355. The summed E-state index contributed by atoms with van der Waals surface area (Å²) in [5, 5.41) is 0. The summed E-state index contributed by atoms with van der Waals surface area (Å²) in [6.45, 7) is 2.66. The van der Waals surface area contributed by atoms with Gasteiger partial charge in [-0.2, -0.15) is 0 Å². The molecule has 1 aromatic carbocycles. The van der Waals surface area contributed by atoms with Gasteiger partial charge in [-0.25, -0.2) is 0 Å². The lowest BCUT2D eigenvalue weighted by atomic mass is 9.99. The molecule has 1 aromatic rings. The quantitative estimate of drug-likeness (QED) is 0.730. The minimum Gasteiger partial charge on any atom is -0.494 e. The number of amides is 1. The molecule has 19 heavy (non-hydrogen) atoms. The van der Waals surface area contributed by atoms with Crippen LogP contribution in [0.3, 0.4) is 0 Å². The maximum absolute atomic E-state index is 11.0. The molecule has 0 aliphatic rings. The highest BCUT2D eigenvalue weighted by molar-refractivity contribution is 5.83. The van der Waals surface area contributed by atoms with E-state index in [0.717, 1.165) is 12.2 Å². The van der Waals surface area contributed by atoms with Crippen molar-refractivity contribution in [2.45, 2.75) is 25.3 Å². The Kier molecular flexibility index (Phi) is 5.79. The van der Waals surface area contributed by atoms with E-state index < -0.39 is 11.4 Å². The summed E-state index contributed by atoms with van der Waals surface area (Å²) < 4.78 is 10.5. The van der Waals surface area contributed by atoms with Crippen molar-refractivity contribution < 1.29 is 14.3 Å². The second kappa shape index (κ2) is 7.11. The normalized spacial score (nSPS) is 13.8. The molecule has 0 saturated heterocycles. The Labute approximate surface area is 113 Å². The lowest BCUT2D eigenvalue weighted by molar-refractivity contribution is -0.123. The number of primary amides is 1. The standard InChI is InChI=1S/C14H22N2O3/c1-14(16,13(15)17)8-10-19-12-5-3-11(4-6-12)7-9-18-2/h3-6H,7-10,16H2,1-2H3,(H2,15,17). The number of rotatable bonds is 8. The smallest absolute Gasteiger partial charge is 0.237 e. The Bertz CT molecular complexity index is 402. The average molecular weight is 266 g/mol. The van der Waals surface area contributed by atoms with Crippen molar-refractivity contribution >= 4 is 5.91 Å². The largest absolute Gasteiger partial charge is 0.494 e. The molecule has 5 heteroatoms. The lowest BCUT2D eigenvalue weighted by Gasteiger charge is -2.20. The molecule has 0 fully saturated rings. The molecule has 1 rings (SSSR count). The van der Waals surface area contributed by atoms with Gasteiger partial charge < -0.3 is 20.9 Å². The molecule has 106 valence electrons. The highest BCUT2D eigenvalue weighted by Crippen LogP contribution is 2.14. The fraction of sp³-hybridized carbons (Fsp3) is 0.500. The SMILES string of the molecule is COCCc1ccc(OCCC(C)(N)C(N)=O)cc1. The molecule has 0 aromatic heterocycles. The molecular weight excluding hydrogens is 244 g/mol. The second-order valence-electron chi connectivity index (χ2n) is 4.77. The molecule has 1 atom stereocenters. The van der Waals surface area contributed by atoms with Crippen LogP contribution in [0.5, 0.6) is 5.75 Å². The molecule has 0 saturated carbocycles. The summed E-state index contributed by atoms with van der Waals surface area (Å²) in [4.78, 5) is 11.0. The van der Waals surface area contributed by atoms with Crippen molar-refractivity contribution in [1.29, 1.82) is 0 Å². The Morgan fingerprint density at radius 1 is 1.26 bits per heavy atom. The topological polar surface area (TPSA) is 87.6 Å². The van der Waals surface area contributed by atoms with E-state index in [-0.39, 0.29) is 0 Å². The first-order valence-corrected chi connectivity index (χ1v) is 6.25. The second-order valence-corrected chi connectivity index (χ2v) is 4.77. The Balaban J connectivity index is 2.40. The van der Waals surface area contributed by atoms with Gasteiger partial charge in [-0.05, 0) is 31.0 Å². The van der Waals surface area contributed by atoms with Crippen LogP contribution in [-0.4, -0.2) is 31.8 Å². The summed E-state index contributed by atoms with van der Waals surface area (Å²) in [6, 6.07) is 7.76. The summed E-state index contributed by atoms with van der Waals surface area (Å²) >= 11 is 0. The summed E-state index contributed by atoms with van der Waals surface area (Å²) in [7, 11) is 1.68. The zero-order chi connectivity index (χ0) is 14.3. The number of carbonyl (C=O) groups is 1. The highest BCUT2D eigenvalue weighted by atomic mass is 16.5. The molecule has 0 radical (unpaired) electrons. The molecule has 0 aliphatic heterocycles. The van der Waals surface area contributed by atoms with Crippen LogP contribution < -0.4 is 16.2 Å². The third-order valence-corrected chi connectivity index (χ3v) is 2.97. The number of ether oxygens (including phenoxy) is 2. The van der Waals surface area contributed by atoms with Gasteiger partial charge in [-0.1, -0.05) is 12.1 Å². The Morgan fingerprint density at radius 2 is 1.89 bits per heavy atom. The summed E-state index contributed by atoms with van der Waals surface area (Å²) in [5.74, 6) is 0.229. The molecule has 4 N–H and O–H groups in total. The van der Waals surface area contributed by atoms with Gasteiger partial charge in [-0.15, -0.1) is 0 Å². The zero-order valence-corrected chi connectivity index (χ0v) is 11.5. The maximum Gasteiger partial charge on any atom is 0.237 e. The van der Waals surface area contributed by atoms with E-state index in [4.69, 9.17) is 20.9 Å². The van der Waals surface area contributed by atoms with E-state index in [1.165, 1.54) is 5.56 Å². The predicted octanol–water partition coefficient (Wildman–Crippen LogP) is 0.847. The van der Waals surface area contributed by atoms with Crippen LogP contribution in [0.4, 0.5) is 0 Å². The zero-order valence-electron chi connectivity index (χ0n) is 11.5. The highest BCUT2D eigenvalue weighted by Gasteiger charge is 2.25. The van der Waals surface area contributed by atoms with E-state index in [1.54, 1.807) is 14.0 Å². The van der Waals surface area contributed by atoms with Crippen LogP contribution in [0, 0.1) is 0 Å². The van der Waals surface area contributed by atoms with Gasteiger partial charge in [0.25, 0.3) is 0 Å². The van der Waals surface area contributed by atoms with Gasteiger partial charge in [0, 0.05) is 13.5 Å². The van der Waals surface area contributed by atoms with Crippen LogP contribution in [0.1, 0.15) is 18.9 Å². The van der Waals surface area contributed by atoms with Gasteiger partial charge in [0.2, 0.25) is 5.91 Å². The number of hydrogen-bond donors (Lipinski definition) is 2. The fourth-order valence-corrected chi connectivity index (χ4v) is 1.48. The molecule has 0 aliphatic carbocycles. The van der Waals surface area contributed by atoms with Gasteiger partial charge in [0.1, 0.15) is 5.75 Å². The lowest BCUT2D eigenvalue weighted by Crippen LogP contribution is -2.50. The number of carbonyl (C=O) groups excluding carboxylic acids is 1. The first kappa shape index (κ1) is 15.5. The first-order chi connectivity index (χ1) is 8.95. The van der Waals surface area contributed by atoms with Crippen LogP contribution in [0.2, 0.25) is 0 Å². The minimum atomic E-state index is -1.03. The van der Waals surface area contributed by atoms with Crippen molar-refractivity contribution in [2.75, 3.05) is 20.3 Å². The van der Waals surface area contributed by atoms with Crippen molar-refractivity contribution in [2.24, 2.45) is 11.5 Å². The fourth-order valence-electron chi connectivity index (χ4n) is 1.48. The van der Waals surface area contributed by atoms with Crippen molar-refractivity contribution in [1.82, 2.24) is 0 Å². The number of methoxy groups -OCH3 is 1. The molecule has 0 bridgehead atoms. The molecule has 5 nitrogen and oxygen atoms in total. The van der Waals surface area contributed by atoms with Gasteiger partial charge in [-0.3, -0.25) is 4.79 Å². The number of hydrogen-bond acceptors (Lipinski definition) is 4. The maximum atomic E-state index is 11.0. The third kappa shape index (κ3) is 5.28. The van der Waals surface area contributed by atoms with Crippen LogP contribution in [-0.2, 0) is 16.0 Å². The van der Waals surface area contributed by atoms with E-state index in [1.807, 2.05) is 24.3 Å². The Hall–Kier alpha value is -1.59. The van der Waals surface area contributed by atoms with E-state index in [9.17, 15) is 4.79 Å². The third-order valence-electron chi connectivity index (χ3n) is 2.97. The molecule has 0 heterocycles. The van der Waals surface area contributed by atoms with Gasteiger partial charge in [0.05, 0.1) is 18.8 Å². The summed E-state index contributed by atoms with van der Waals surface area (Å²) in [5.41, 5.74) is 11.1. The van der Waals surface area contributed by atoms with Crippen molar-refractivity contribution in [3.05, 3.63) is 29.8 Å². The molecular formula is C14H22N2O3. The molecule has 1 unspecified atom stereocenters. The summed E-state index contributed by atoms with van der Waals surface area (Å²) in [6.07, 6.45) is 1.26. The van der Waals surface area contributed by atoms with Crippen LogP contribution in [0.25, 0.3) is 0 Å². The molecule has 1 amide bonds. The van der Waals surface area contributed by atoms with Crippen LogP contribution in [0.15, 0.2) is 24.3 Å². The van der Waals surface area contributed by atoms with E-state index >= 15 is 0 Å². The monoisotopic (exact) mass is 266 g/mol. The van der Waals surface area contributed by atoms with Gasteiger partial charge in [0.15, 0.2) is 0 Å². The van der Waals surface area contributed by atoms with Gasteiger partial charge >= 0.3 is 0 Å².